The first-order valence-corrected chi connectivity index (χ1v) is 13.9. The second-order valence-corrected chi connectivity index (χ2v) is 10.7. The number of ether oxygens (including phenoxy) is 1. The van der Waals surface area contributed by atoms with Gasteiger partial charge in [-0.15, -0.1) is 0 Å². The molecular weight excluding hydrogens is 516 g/mol. The maximum atomic E-state index is 12.6. The second kappa shape index (κ2) is 12.2. The number of carbonyl (C=O) groups excluding carboxylic acids is 2. The molecule has 0 spiro atoms. The van der Waals surface area contributed by atoms with Gasteiger partial charge in [0.05, 0.1) is 18.2 Å². The Morgan fingerprint density at radius 3 is 2.31 bits per heavy atom. The predicted octanol–water partition coefficient (Wildman–Crippen LogP) is 4.08. The molecule has 0 aliphatic heterocycles. The van der Waals surface area contributed by atoms with Gasteiger partial charge < -0.3 is 10.1 Å². The monoisotopic (exact) mass is 544 g/mol. The van der Waals surface area contributed by atoms with Crippen LogP contribution in [0.3, 0.4) is 0 Å². The summed E-state index contributed by atoms with van der Waals surface area (Å²) in [5.74, 6) is -0.378. The van der Waals surface area contributed by atoms with E-state index in [0.717, 1.165) is 26.9 Å². The second-order valence-electron chi connectivity index (χ2n) is 8.83. The Hall–Kier alpha value is -4.70. The lowest BCUT2D eigenvalue weighted by Crippen LogP contribution is -2.39. The molecule has 0 bridgehead atoms. The highest BCUT2D eigenvalue weighted by Crippen LogP contribution is 2.28. The molecule has 0 heterocycles. The van der Waals surface area contributed by atoms with Crippen LogP contribution in [0.2, 0.25) is 0 Å². The lowest BCUT2D eigenvalue weighted by Gasteiger charge is -2.23. The van der Waals surface area contributed by atoms with Gasteiger partial charge in [0.15, 0.2) is 6.61 Å². The van der Waals surface area contributed by atoms with Crippen LogP contribution in [0.25, 0.3) is 10.8 Å². The number of anilines is 2. The SMILES string of the molecule is Cc1ccc(NC(=O)COc2ccc(/C=N\NC(=O)CN(c3cccc4ccccc34)S(C)(=O)=O)cc2)cc1. The van der Waals surface area contributed by atoms with Gasteiger partial charge in [-0.1, -0.05) is 54.1 Å². The Morgan fingerprint density at radius 2 is 1.59 bits per heavy atom. The van der Waals surface area contributed by atoms with Crippen LogP contribution in [0, 0.1) is 6.92 Å². The fourth-order valence-corrected chi connectivity index (χ4v) is 4.65. The molecule has 0 saturated heterocycles. The van der Waals surface area contributed by atoms with Crippen LogP contribution in [-0.2, 0) is 19.6 Å². The fourth-order valence-electron chi connectivity index (χ4n) is 3.78. The molecule has 4 rings (SSSR count). The molecule has 0 aliphatic carbocycles. The number of hydrogen-bond donors (Lipinski definition) is 2. The Morgan fingerprint density at radius 1 is 0.897 bits per heavy atom. The van der Waals surface area contributed by atoms with Crippen molar-refractivity contribution in [1.29, 1.82) is 0 Å². The van der Waals surface area contributed by atoms with Crippen molar-refractivity contribution < 1.29 is 22.7 Å². The van der Waals surface area contributed by atoms with E-state index >= 15 is 0 Å². The number of amides is 2. The van der Waals surface area contributed by atoms with Gasteiger partial charge in [0, 0.05) is 11.1 Å². The lowest BCUT2D eigenvalue weighted by molar-refractivity contribution is -0.119. The van der Waals surface area contributed by atoms with Gasteiger partial charge >= 0.3 is 0 Å². The number of hydrazone groups is 1. The Labute approximate surface area is 227 Å². The van der Waals surface area contributed by atoms with E-state index in [0.29, 0.717) is 22.7 Å². The average Bonchev–Trinajstić information content (AvgIpc) is 2.92. The molecule has 4 aromatic carbocycles. The minimum absolute atomic E-state index is 0.148. The molecule has 0 aromatic heterocycles. The summed E-state index contributed by atoms with van der Waals surface area (Å²) < 4.78 is 31.6. The highest BCUT2D eigenvalue weighted by Gasteiger charge is 2.22. The van der Waals surface area contributed by atoms with Crippen molar-refractivity contribution in [1.82, 2.24) is 5.43 Å². The van der Waals surface area contributed by atoms with E-state index in [1.165, 1.54) is 6.21 Å². The minimum atomic E-state index is -3.74. The molecule has 0 aliphatic rings. The number of benzene rings is 4. The Kier molecular flexibility index (Phi) is 8.57. The minimum Gasteiger partial charge on any atom is -0.484 e. The summed E-state index contributed by atoms with van der Waals surface area (Å²) in [6, 6.07) is 26.9. The number of hydrogen-bond acceptors (Lipinski definition) is 6. The van der Waals surface area contributed by atoms with Gasteiger partial charge in [0.1, 0.15) is 12.3 Å². The van der Waals surface area contributed by atoms with E-state index in [1.54, 1.807) is 36.4 Å². The number of carbonyl (C=O) groups is 2. The molecule has 39 heavy (non-hydrogen) atoms. The molecule has 0 unspecified atom stereocenters. The molecule has 10 heteroatoms. The van der Waals surface area contributed by atoms with Crippen molar-refractivity contribution >= 4 is 50.2 Å². The van der Waals surface area contributed by atoms with Crippen molar-refractivity contribution in [2.45, 2.75) is 6.92 Å². The number of aryl methyl sites for hydroxylation is 1. The molecule has 9 nitrogen and oxygen atoms in total. The first-order valence-electron chi connectivity index (χ1n) is 12.1. The summed E-state index contributed by atoms with van der Waals surface area (Å²) in [7, 11) is -3.74. The van der Waals surface area contributed by atoms with Crippen LogP contribution in [0.1, 0.15) is 11.1 Å². The van der Waals surface area contributed by atoms with Crippen molar-refractivity contribution in [2.75, 3.05) is 29.0 Å². The van der Waals surface area contributed by atoms with Gasteiger partial charge in [0.2, 0.25) is 10.0 Å². The van der Waals surface area contributed by atoms with Crippen molar-refractivity contribution in [2.24, 2.45) is 5.10 Å². The summed E-state index contributed by atoms with van der Waals surface area (Å²) in [6.07, 6.45) is 2.48. The number of rotatable bonds is 10. The molecule has 200 valence electrons. The number of sulfonamides is 1. The van der Waals surface area contributed by atoms with Gasteiger partial charge in [-0.3, -0.25) is 13.9 Å². The van der Waals surface area contributed by atoms with Gasteiger partial charge in [-0.2, -0.15) is 5.10 Å². The summed E-state index contributed by atoms with van der Waals surface area (Å²) in [6.45, 7) is 1.39. The first-order chi connectivity index (χ1) is 18.7. The van der Waals surface area contributed by atoms with Crippen molar-refractivity contribution in [3.63, 3.8) is 0 Å². The smallest absolute Gasteiger partial charge is 0.262 e. The standard InChI is InChI=1S/C29H28N4O5S/c1-21-10-14-24(15-11-21)31-29(35)20-38-25-16-12-22(13-17-25)18-30-32-28(34)19-33(39(2,36)37)27-9-5-7-23-6-3-4-8-26(23)27/h3-18H,19-20H2,1-2H3,(H,31,35)(H,32,34)/b30-18-. The molecular formula is C29H28N4O5S. The molecule has 2 amide bonds. The zero-order valence-electron chi connectivity index (χ0n) is 21.5. The van der Waals surface area contributed by atoms with E-state index in [4.69, 9.17) is 4.74 Å². The van der Waals surface area contributed by atoms with E-state index < -0.39 is 22.5 Å². The predicted molar refractivity (Wildman–Crippen MR) is 154 cm³/mol. The van der Waals surface area contributed by atoms with Crippen LogP contribution in [0.5, 0.6) is 5.75 Å². The van der Waals surface area contributed by atoms with Crippen molar-refractivity contribution in [3.8, 4) is 5.75 Å². The van der Waals surface area contributed by atoms with E-state index in [2.05, 4.69) is 15.8 Å². The quantitative estimate of drug-likeness (QED) is 0.230. The number of fused-ring (bicyclic) bond motifs is 1. The third-order valence-corrected chi connectivity index (χ3v) is 6.84. The highest BCUT2D eigenvalue weighted by atomic mass is 32.2. The van der Waals surface area contributed by atoms with Crippen LogP contribution < -0.4 is 19.8 Å². The van der Waals surface area contributed by atoms with Gasteiger partial charge in [0.25, 0.3) is 11.8 Å². The summed E-state index contributed by atoms with van der Waals surface area (Å²) >= 11 is 0. The number of nitrogens with zero attached hydrogens (tertiary/aromatic N) is 2. The highest BCUT2D eigenvalue weighted by molar-refractivity contribution is 7.92. The summed E-state index contributed by atoms with van der Waals surface area (Å²) in [4.78, 5) is 24.7. The van der Waals surface area contributed by atoms with Gasteiger partial charge in [-0.25, -0.2) is 13.8 Å². The van der Waals surface area contributed by atoms with Crippen LogP contribution in [0.15, 0.2) is 96.1 Å². The lowest BCUT2D eigenvalue weighted by atomic mass is 10.1. The molecule has 0 radical (unpaired) electrons. The van der Waals surface area contributed by atoms with Crippen LogP contribution in [-0.4, -0.2) is 45.9 Å². The largest absolute Gasteiger partial charge is 0.484 e. The first kappa shape index (κ1) is 27.3. The van der Waals surface area contributed by atoms with Gasteiger partial charge in [-0.05, 0) is 60.3 Å². The maximum Gasteiger partial charge on any atom is 0.262 e. The molecule has 4 aromatic rings. The molecule has 0 fully saturated rings. The van der Waals surface area contributed by atoms with E-state index in [9.17, 15) is 18.0 Å². The molecule has 0 atom stereocenters. The third kappa shape index (κ3) is 7.65. The summed E-state index contributed by atoms with van der Waals surface area (Å²) in [5.41, 5.74) is 5.25. The zero-order valence-corrected chi connectivity index (χ0v) is 22.3. The normalized spacial score (nSPS) is 11.3. The van der Waals surface area contributed by atoms with Crippen molar-refractivity contribution in [3.05, 3.63) is 102 Å². The molecule has 0 saturated carbocycles. The third-order valence-electron chi connectivity index (χ3n) is 5.71. The maximum absolute atomic E-state index is 12.6. The summed E-state index contributed by atoms with van der Waals surface area (Å²) in [5, 5.41) is 8.28. The fraction of sp³-hybridized carbons (Fsp3) is 0.138. The van der Waals surface area contributed by atoms with Crippen LogP contribution in [0.4, 0.5) is 11.4 Å². The van der Waals surface area contributed by atoms with E-state index in [1.807, 2.05) is 61.5 Å². The van der Waals surface area contributed by atoms with E-state index in [-0.39, 0.29) is 12.5 Å². The average molecular weight is 545 g/mol. The number of nitrogens with one attached hydrogen (secondary N) is 2. The molecule has 2 N–H and O–H groups in total. The zero-order chi connectivity index (χ0) is 27.8. The Bertz CT molecular complexity index is 1600. The topological polar surface area (TPSA) is 117 Å². The van der Waals surface area contributed by atoms with Crippen LogP contribution >= 0.6 is 0 Å². The Balaban J connectivity index is 1.31.